The molecule has 0 heterocycles. The molecular weight excluding hydrogens is 524 g/mol. The third-order valence-corrected chi connectivity index (χ3v) is 5.75. The van der Waals surface area contributed by atoms with Crippen molar-refractivity contribution >= 4 is 54.2 Å². The largest absolute Gasteiger partial charge is 0.481 e. The van der Waals surface area contributed by atoms with Crippen molar-refractivity contribution in [1.29, 1.82) is 0 Å². The summed E-state index contributed by atoms with van der Waals surface area (Å²) in [4.78, 5) is 76.6. The zero-order valence-corrected chi connectivity index (χ0v) is 22.2. The molecule has 0 saturated heterocycles. The minimum Gasteiger partial charge on any atom is -0.481 e. The fraction of sp³-hybridized carbons (Fsp3) is 0.667. The van der Waals surface area contributed by atoms with E-state index in [4.69, 9.17) is 22.3 Å². The number of hydrogen-bond acceptors (Lipinski definition) is 9. The van der Waals surface area contributed by atoms with Crippen molar-refractivity contribution in [3.05, 3.63) is 0 Å². The summed E-state index contributed by atoms with van der Waals surface area (Å²) in [6.45, 7) is 3.12. The van der Waals surface area contributed by atoms with Gasteiger partial charge in [-0.3, -0.25) is 29.0 Å². The van der Waals surface area contributed by atoms with Crippen LogP contribution >= 0.6 is 12.6 Å². The summed E-state index contributed by atoms with van der Waals surface area (Å²) < 4.78 is 0. The van der Waals surface area contributed by atoms with E-state index < -0.39 is 72.1 Å². The van der Waals surface area contributed by atoms with Gasteiger partial charge in [0, 0.05) is 12.3 Å². The fourth-order valence-corrected chi connectivity index (χ4v) is 3.34. The minimum atomic E-state index is -1.72. The quantitative estimate of drug-likeness (QED) is 0.0338. The number of aliphatic imine (C=N–C) groups is 1. The van der Waals surface area contributed by atoms with Gasteiger partial charge in [0.2, 0.25) is 23.6 Å². The summed E-state index contributed by atoms with van der Waals surface area (Å²) in [6, 6.07) is -5.29. The maximum absolute atomic E-state index is 13.2. The van der Waals surface area contributed by atoms with Gasteiger partial charge < -0.3 is 48.7 Å². The number of thiol groups is 1. The number of guanidine groups is 1. The Balaban J connectivity index is 5.81. The first-order valence-corrected chi connectivity index (χ1v) is 12.4. The first kappa shape index (κ1) is 34.4. The van der Waals surface area contributed by atoms with Crippen molar-refractivity contribution in [2.24, 2.45) is 28.1 Å². The highest BCUT2D eigenvalue weighted by Crippen LogP contribution is 2.11. The Morgan fingerprint density at radius 3 is 1.95 bits per heavy atom. The van der Waals surface area contributed by atoms with E-state index >= 15 is 0 Å². The molecular formula is C21H38N8O8S. The predicted molar refractivity (Wildman–Crippen MR) is 140 cm³/mol. The molecule has 0 spiro atoms. The van der Waals surface area contributed by atoms with Crippen LogP contribution < -0.4 is 38.5 Å². The van der Waals surface area contributed by atoms with Crippen LogP contribution in [0.1, 0.15) is 39.5 Å². The SMILES string of the molecule is CCC(C)C(NC(=O)C(CCCN=C(N)N)NC(=O)C(CS)NC(=O)CN)C(=O)NC(CC(=O)O)C(=O)O. The van der Waals surface area contributed by atoms with Crippen molar-refractivity contribution < 1.29 is 39.0 Å². The molecule has 0 aromatic rings. The van der Waals surface area contributed by atoms with Crippen molar-refractivity contribution in [1.82, 2.24) is 21.3 Å². The summed E-state index contributed by atoms with van der Waals surface area (Å²) in [5, 5.41) is 27.7. The molecule has 0 radical (unpaired) electrons. The zero-order valence-electron chi connectivity index (χ0n) is 21.3. The van der Waals surface area contributed by atoms with Crippen molar-refractivity contribution in [3.63, 3.8) is 0 Å². The minimum absolute atomic E-state index is 0.0318. The lowest BCUT2D eigenvalue weighted by Gasteiger charge is -2.28. The lowest BCUT2D eigenvalue weighted by Crippen LogP contribution is -2.59. The van der Waals surface area contributed by atoms with Gasteiger partial charge in [0.1, 0.15) is 24.2 Å². The number of hydrogen-bond donors (Lipinski definition) is 10. The molecule has 0 aromatic heterocycles. The van der Waals surface area contributed by atoms with Crippen LogP contribution in [0.2, 0.25) is 0 Å². The number of aliphatic carboxylic acids is 2. The molecule has 0 rings (SSSR count). The Kier molecular flexibility index (Phi) is 16.1. The van der Waals surface area contributed by atoms with Crippen LogP contribution in [0.4, 0.5) is 0 Å². The first-order chi connectivity index (χ1) is 17.8. The zero-order chi connectivity index (χ0) is 29.4. The maximum Gasteiger partial charge on any atom is 0.326 e. The third-order valence-electron chi connectivity index (χ3n) is 5.38. The van der Waals surface area contributed by atoms with Gasteiger partial charge in [-0.2, -0.15) is 12.6 Å². The monoisotopic (exact) mass is 562 g/mol. The predicted octanol–water partition coefficient (Wildman–Crippen LogP) is -3.53. The molecule has 4 amide bonds. The first-order valence-electron chi connectivity index (χ1n) is 11.8. The molecule has 0 aliphatic carbocycles. The average Bonchev–Trinajstić information content (AvgIpc) is 2.85. The second-order valence-electron chi connectivity index (χ2n) is 8.39. The van der Waals surface area contributed by atoms with Gasteiger partial charge in [-0.15, -0.1) is 0 Å². The number of nitrogens with one attached hydrogen (secondary N) is 4. The van der Waals surface area contributed by atoms with Gasteiger partial charge in [0.15, 0.2) is 5.96 Å². The number of nitrogens with zero attached hydrogens (tertiary/aromatic N) is 1. The molecule has 12 N–H and O–H groups in total. The lowest BCUT2D eigenvalue weighted by molar-refractivity contribution is -0.147. The van der Waals surface area contributed by atoms with Crippen LogP contribution in [0.3, 0.4) is 0 Å². The number of nitrogens with two attached hydrogens (primary N) is 3. The highest BCUT2D eigenvalue weighted by molar-refractivity contribution is 7.80. The molecule has 5 atom stereocenters. The second-order valence-corrected chi connectivity index (χ2v) is 8.75. The number of carboxylic acids is 2. The lowest BCUT2D eigenvalue weighted by atomic mass is 9.97. The summed E-state index contributed by atoms with van der Waals surface area (Å²) in [7, 11) is 0. The van der Waals surface area contributed by atoms with Gasteiger partial charge in [-0.1, -0.05) is 20.3 Å². The summed E-state index contributed by atoms with van der Waals surface area (Å²) >= 11 is 4.04. The van der Waals surface area contributed by atoms with Crippen molar-refractivity contribution in [2.75, 3.05) is 18.8 Å². The van der Waals surface area contributed by atoms with E-state index in [0.29, 0.717) is 6.42 Å². The van der Waals surface area contributed by atoms with Crippen LogP contribution in [0.5, 0.6) is 0 Å². The topological polar surface area (TPSA) is 281 Å². The molecule has 0 aromatic carbocycles. The van der Waals surface area contributed by atoms with E-state index in [1.807, 2.05) is 0 Å². The summed E-state index contributed by atoms with van der Waals surface area (Å²) in [5.74, 6) is -6.80. The highest BCUT2D eigenvalue weighted by Gasteiger charge is 2.33. The molecule has 5 unspecified atom stereocenters. The van der Waals surface area contributed by atoms with E-state index in [1.165, 1.54) is 0 Å². The van der Waals surface area contributed by atoms with Gasteiger partial charge in [-0.05, 0) is 18.8 Å². The van der Waals surface area contributed by atoms with E-state index in [1.54, 1.807) is 13.8 Å². The molecule has 216 valence electrons. The summed E-state index contributed by atoms with van der Waals surface area (Å²) in [5.41, 5.74) is 15.9. The van der Waals surface area contributed by atoms with E-state index in [0.717, 1.165) is 0 Å². The third kappa shape index (κ3) is 13.1. The fourth-order valence-electron chi connectivity index (χ4n) is 3.08. The van der Waals surface area contributed by atoms with Crippen LogP contribution in [-0.2, 0) is 28.8 Å². The number of carbonyl (C=O) groups excluding carboxylic acids is 4. The Morgan fingerprint density at radius 1 is 0.895 bits per heavy atom. The normalized spacial score (nSPS) is 14.5. The molecule has 0 fully saturated rings. The molecule has 0 bridgehead atoms. The molecule has 17 heteroatoms. The summed E-state index contributed by atoms with van der Waals surface area (Å²) in [6.07, 6.45) is -0.199. The van der Waals surface area contributed by atoms with Crippen molar-refractivity contribution in [3.8, 4) is 0 Å². The van der Waals surface area contributed by atoms with E-state index in [-0.39, 0.29) is 37.6 Å². The van der Waals surface area contributed by atoms with Crippen LogP contribution in [0.15, 0.2) is 4.99 Å². The standard InChI is InChI=1S/C21H38N8O8S/c1-3-10(2)16(19(35)28-12(20(36)37)7-15(31)32)29-17(33)11(5-4-6-25-21(23)24)27-18(34)13(9-38)26-14(30)8-22/h10-13,16,38H,3-9,22H2,1-2H3,(H,26,30)(H,27,34)(H,28,35)(H,29,33)(H,31,32)(H,36,37)(H4,23,24,25). The number of carbonyl (C=O) groups is 6. The van der Waals surface area contributed by atoms with Crippen LogP contribution in [0.25, 0.3) is 0 Å². The smallest absolute Gasteiger partial charge is 0.326 e. The van der Waals surface area contributed by atoms with E-state index in [9.17, 15) is 33.9 Å². The van der Waals surface area contributed by atoms with Crippen molar-refractivity contribution in [2.45, 2.75) is 63.7 Å². The van der Waals surface area contributed by atoms with E-state index in [2.05, 4.69) is 38.9 Å². The average molecular weight is 563 g/mol. The second kappa shape index (κ2) is 17.8. The maximum atomic E-state index is 13.2. The molecule has 38 heavy (non-hydrogen) atoms. The molecule has 16 nitrogen and oxygen atoms in total. The Bertz CT molecular complexity index is 883. The molecule has 0 saturated carbocycles. The Hall–Kier alpha value is -3.60. The van der Waals surface area contributed by atoms with Gasteiger partial charge in [0.05, 0.1) is 13.0 Å². The van der Waals surface area contributed by atoms with Crippen LogP contribution in [-0.4, -0.2) is 94.7 Å². The molecule has 0 aliphatic rings. The number of rotatable bonds is 18. The Labute approximate surface area is 225 Å². The van der Waals surface area contributed by atoms with Gasteiger partial charge in [0.25, 0.3) is 0 Å². The number of carboxylic acid groups (broad SMARTS) is 2. The highest BCUT2D eigenvalue weighted by atomic mass is 32.1. The number of amides is 4. The van der Waals surface area contributed by atoms with Crippen LogP contribution in [0, 0.1) is 5.92 Å². The van der Waals surface area contributed by atoms with Gasteiger partial charge in [-0.25, -0.2) is 4.79 Å². The van der Waals surface area contributed by atoms with Gasteiger partial charge >= 0.3 is 11.9 Å². The molecule has 0 aliphatic heterocycles. The Morgan fingerprint density at radius 2 is 1.47 bits per heavy atom.